The third-order valence-electron chi connectivity index (χ3n) is 5.19. The highest BCUT2D eigenvalue weighted by atomic mass is 127. The van der Waals surface area contributed by atoms with E-state index in [0.29, 0.717) is 18.7 Å². The summed E-state index contributed by atoms with van der Waals surface area (Å²) in [6.45, 7) is 6.94. The van der Waals surface area contributed by atoms with Crippen LogP contribution in [0.1, 0.15) is 12.5 Å². The molecule has 1 fully saturated rings. The average Bonchev–Trinajstić information content (AvgIpc) is 2.84. The Bertz CT molecular complexity index is 835. The van der Waals surface area contributed by atoms with Crippen molar-refractivity contribution in [3.05, 3.63) is 36.2 Å². The van der Waals surface area contributed by atoms with E-state index in [2.05, 4.69) is 32.0 Å². The zero-order chi connectivity index (χ0) is 22.1. The molecular weight excluding hydrogens is 523 g/mol. The van der Waals surface area contributed by atoms with E-state index in [1.807, 2.05) is 18.2 Å². The van der Waals surface area contributed by atoms with E-state index >= 15 is 0 Å². The zero-order valence-corrected chi connectivity index (χ0v) is 21.5. The van der Waals surface area contributed by atoms with E-state index in [4.69, 9.17) is 19.2 Å². The Labute approximate surface area is 207 Å². The van der Waals surface area contributed by atoms with Crippen LogP contribution in [-0.4, -0.2) is 81.4 Å². The number of hydrogen-bond acceptors (Lipinski definition) is 7. The smallest absolute Gasteiger partial charge is 0.225 e. The molecule has 1 aliphatic rings. The van der Waals surface area contributed by atoms with Crippen LogP contribution in [0.3, 0.4) is 0 Å². The Hall–Kier alpha value is -2.50. The topological polar surface area (TPSA) is 84.3 Å². The number of aromatic nitrogens is 2. The summed E-state index contributed by atoms with van der Waals surface area (Å²) in [7, 11) is 4.94. The van der Waals surface area contributed by atoms with Crippen molar-refractivity contribution in [1.29, 1.82) is 0 Å². The minimum atomic E-state index is 0. The summed E-state index contributed by atoms with van der Waals surface area (Å²) < 4.78 is 16.4. The van der Waals surface area contributed by atoms with E-state index in [0.717, 1.165) is 61.7 Å². The van der Waals surface area contributed by atoms with E-state index < -0.39 is 0 Å². The van der Waals surface area contributed by atoms with Crippen LogP contribution in [-0.2, 0) is 6.42 Å². The van der Waals surface area contributed by atoms with Crippen LogP contribution < -0.4 is 24.4 Å². The van der Waals surface area contributed by atoms with Crippen molar-refractivity contribution in [2.24, 2.45) is 4.99 Å². The first-order valence-electron chi connectivity index (χ1n) is 10.5. The lowest BCUT2D eigenvalue weighted by Crippen LogP contribution is -2.53. The maximum atomic E-state index is 5.55. The number of aliphatic imine (C=N–C) groups is 1. The highest BCUT2D eigenvalue weighted by Gasteiger charge is 2.21. The van der Waals surface area contributed by atoms with Crippen LogP contribution >= 0.6 is 24.0 Å². The van der Waals surface area contributed by atoms with Gasteiger partial charge in [-0.25, -0.2) is 9.97 Å². The standard InChI is InChI=1S/C22H32N6O3.HI/c1-5-23-21(27-11-13-28(14-12-27)22-24-8-6-9-25-22)26-10-7-18-19(30-3)15-17(29-2)16-20(18)31-4;/h6,8-9,15-16H,5,7,10-14H2,1-4H3,(H,23,26);1H. The molecule has 176 valence electrons. The maximum Gasteiger partial charge on any atom is 0.225 e. The van der Waals surface area contributed by atoms with Gasteiger partial charge in [-0.2, -0.15) is 0 Å². The quantitative estimate of drug-likeness (QED) is 0.302. The number of anilines is 1. The number of hydrogen-bond donors (Lipinski definition) is 1. The first-order valence-corrected chi connectivity index (χ1v) is 10.5. The number of ether oxygens (including phenoxy) is 3. The van der Waals surface area contributed by atoms with Gasteiger partial charge in [0.1, 0.15) is 17.2 Å². The average molecular weight is 556 g/mol. The number of guanidine groups is 1. The number of nitrogens with one attached hydrogen (secondary N) is 1. The van der Waals surface area contributed by atoms with Gasteiger partial charge in [-0.05, 0) is 19.4 Å². The third kappa shape index (κ3) is 6.50. The highest BCUT2D eigenvalue weighted by molar-refractivity contribution is 14.0. The number of piperazine rings is 1. The summed E-state index contributed by atoms with van der Waals surface area (Å²) in [6.07, 6.45) is 4.26. The minimum absolute atomic E-state index is 0. The molecular formula is C22H33IN6O3. The Morgan fingerprint density at radius 2 is 1.62 bits per heavy atom. The van der Waals surface area contributed by atoms with E-state index in [1.165, 1.54) is 0 Å². The second-order valence-electron chi connectivity index (χ2n) is 7.02. The second-order valence-corrected chi connectivity index (χ2v) is 7.02. The molecule has 1 N–H and O–H groups in total. The highest BCUT2D eigenvalue weighted by Crippen LogP contribution is 2.34. The Kier molecular flexibility index (Phi) is 10.6. The third-order valence-corrected chi connectivity index (χ3v) is 5.19. The Morgan fingerprint density at radius 1 is 1.00 bits per heavy atom. The van der Waals surface area contributed by atoms with E-state index in [1.54, 1.807) is 33.7 Å². The van der Waals surface area contributed by atoms with Gasteiger partial charge in [0.25, 0.3) is 0 Å². The van der Waals surface area contributed by atoms with Gasteiger partial charge in [0, 0.05) is 69.4 Å². The van der Waals surface area contributed by atoms with Gasteiger partial charge in [0.05, 0.1) is 21.3 Å². The van der Waals surface area contributed by atoms with Gasteiger partial charge in [0.15, 0.2) is 5.96 Å². The van der Waals surface area contributed by atoms with Crippen molar-refractivity contribution in [3.8, 4) is 17.2 Å². The molecule has 0 spiro atoms. The molecule has 1 aromatic heterocycles. The van der Waals surface area contributed by atoms with Crippen LogP contribution in [0.25, 0.3) is 0 Å². The second kappa shape index (κ2) is 13.1. The predicted octanol–water partition coefficient (Wildman–Crippen LogP) is 2.45. The fourth-order valence-corrected chi connectivity index (χ4v) is 3.60. The van der Waals surface area contributed by atoms with E-state index in [9.17, 15) is 0 Å². The summed E-state index contributed by atoms with van der Waals surface area (Å²) in [5.41, 5.74) is 0.983. The minimum Gasteiger partial charge on any atom is -0.496 e. The lowest BCUT2D eigenvalue weighted by Gasteiger charge is -2.36. The van der Waals surface area contributed by atoms with Gasteiger partial charge in [-0.3, -0.25) is 4.99 Å². The van der Waals surface area contributed by atoms with Crippen molar-refractivity contribution in [1.82, 2.24) is 20.2 Å². The summed E-state index contributed by atoms with van der Waals surface area (Å²) in [6, 6.07) is 5.58. The van der Waals surface area contributed by atoms with Crippen molar-refractivity contribution in [2.75, 3.05) is 65.5 Å². The molecule has 0 aliphatic carbocycles. The van der Waals surface area contributed by atoms with Crippen LogP contribution in [0.5, 0.6) is 17.2 Å². The number of nitrogens with zero attached hydrogens (tertiary/aromatic N) is 5. The number of benzene rings is 1. The number of rotatable bonds is 8. The molecule has 10 heteroatoms. The van der Waals surface area contributed by atoms with Crippen LogP contribution in [0.2, 0.25) is 0 Å². The summed E-state index contributed by atoms with van der Waals surface area (Å²) >= 11 is 0. The zero-order valence-electron chi connectivity index (χ0n) is 19.2. The molecule has 0 atom stereocenters. The fraction of sp³-hybridized carbons (Fsp3) is 0.500. The van der Waals surface area contributed by atoms with Gasteiger partial charge in [-0.1, -0.05) is 0 Å². The molecule has 0 saturated carbocycles. The molecule has 0 radical (unpaired) electrons. The maximum absolute atomic E-state index is 5.55. The Balaban J connectivity index is 0.00000363. The van der Waals surface area contributed by atoms with Gasteiger partial charge in [-0.15, -0.1) is 24.0 Å². The van der Waals surface area contributed by atoms with Gasteiger partial charge < -0.3 is 29.3 Å². The SMILES string of the molecule is CCNC(=NCCc1c(OC)cc(OC)cc1OC)N1CCN(c2ncccn2)CC1.I. The molecule has 1 aliphatic heterocycles. The van der Waals surface area contributed by atoms with Crippen molar-refractivity contribution >= 4 is 35.9 Å². The first kappa shape index (κ1) is 25.8. The van der Waals surface area contributed by atoms with Crippen molar-refractivity contribution in [2.45, 2.75) is 13.3 Å². The molecule has 1 aromatic carbocycles. The van der Waals surface area contributed by atoms with Gasteiger partial charge >= 0.3 is 0 Å². The normalized spacial score (nSPS) is 13.9. The van der Waals surface area contributed by atoms with Crippen molar-refractivity contribution in [3.63, 3.8) is 0 Å². The molecule has 9 nitrogen and oxygen atoms in total. The summed E-state index contributed by atoms with van der Waals surface area (Å²) in [4.78, 5) is 18.1. The number of halogens is 1. The van der Waals surface area contributed by atoms with Crippen LogP contribution in [0, 0.1) is 0 Å². The van der Waals surface area contributed by atoms with Crippen molar-refractivity contribution < 1.29 is 14.2 Å². The monoisotopic (exact) mass is 556 g/mol. The molecule has 2 aromatic rings. The Morgan fingerprint density at radius 3 is 2.16 bits per heavy atom. The molecule has 2 heterocycles. The largest absolute Gasteiger partial charge is 0.496 e. The fourth-order valence-electron chi connectivity index (χ4n) is 3.60. The van der Waals surface area contributed by atoms with Gasteiger partial charge in [0.2, 0.25) is 5.95 Å². The molecule has 0 bridgehead atoms. The number of methoxy groups -OCH3 is 3. The predicted molar refractivity (Wildman–Crippen MR) is 137 cm³/mol. The molecule has 32 heavy (non-hydrogen) atoms. The van der Waals surface area contributed by atoms with Crippen LogP contribution in [0.15, 0.2) is 35.6 Å². The molecule has 3 rings (SSSR count). The molecule has 0 amide bonds. The van der Waals surface area contributed by atoms with Crippen LogP contribution in [0.4, 0.5) is 5.95 Å². The summed E-state index contributed by atoms with van der Waals surface area (Å²) in [5, 5.41) is 3.41. The summed E-state index contributed by atoms with van der Waals surface area (Å²) in [5.74, 6) is 3.89. The lowest BCUT2D eigenvalue weighted by molar-refractivity contribution is 0.366. The molecule has 0 unspecified atom stereocenters. The molecule has 1 saturated heterocycles. The lowest BCUT2D eigenvalue weighted by atomic mass is 10.1. The first-order chi connectivity index (χ1) is 15.2. The van der Waals surface area contributed by atoms with E-state index in [-0.39, 0.29) is 24.0 Å².